The zero-order valence-electron chi connectivity index (χ0n) is 12.5. The zero-order chi connectivity index (χ0) is 14.5. The first-order valence-electron chi connectivity index (χ1n) is 6.57. The molecule has 1 fully saturated rings. The monoisotopic (exact) mass is 263 g/mol. The van der Waals surface area contributed by atoms with Gasteiger partial charge in [-0.3, -0.25) is 4.98 Å². The Morgan fingerprint density at radius 2 is 1.68 bits per heavy atom. The van der Waals surface area contributed by atoms with Gasteiger partial charge in [0, 0.05) is 6.20 Å². The van der Waals surface area contributed by atoms with Crippen LogP contribution in [0.1, 0.15) is 47.1 Å². The molecule has 0 aromatic carbocycles. The Morgan fingerprint density at radius 1 is 1.16 bits per heavy atom. The fourth-order valence-corrected chi connectivity index (χ4v) is 1.92. The van der Waals surface area contributed by atoms with E-state index in [1.807, 2.05) is 33.8 Å². The molecular weight excluding hydrogens is 241 g/mol. The van der Waals surface area contributed by atoms with Crippen LogP contribution in [0, 0.1) is 0 Å². The van der Waals surface area contributed by atoms with Gasteiger partial charge in [0.25, 0.3) is 0 Å². The molecule has 0 spiro atoms. The van der Waals surface area contributed by atoms with Crippen LogP contribution in [0.2, 0.25) is 0 Å². The van der Waals surface area contributed by atoms with Crippen molar-refractivity contribution in [2.45, 2.75) is 58.3 Å². The minimum atomic E-state index is -0.901. The predicted octanol–water partition coefficient (Wildman–Crippen LogP) is 1.61. The molecule has 0 unspecified atom stereocenters. The molecule has 1 aromatic rings. The van der Waals surface area contributed by atoms with Crippen LogP contribution in [-0.4, -0.2) is 28.4 Å². The second-order valence-electron chi connectivity index (χ2n) is 6.62. The van der Waals surface area contributed by atoms with Gasteiger partial charge in [-0.25, -0.2) is 0 Å². The molecule has 0 radical (unpaired) electrons. The first kappa shape index (κ1) is 14.5. The van der Waals surface area contributed by atoms with E-state index in [0.29, 0.717) is 5.59 Å². The van der Waals surface area contributed by atoms with Crippen molar-refractivity contribution in [3.05, 3.63) is 23.9 Å². The van der Waals surface area contributed by atoms with Crippen molar-refractivity contribution < 1.29 is 14.4 Å². The quantitative estimate of drug-likeness (QED) is 0.823. The van der Waals surface area contributed by atoms with E-state index in [2.05, 4.69) is 4.98 Å². The van der Waals surface area contributed by atoms with Crippen molar-refractivity contribution >= 4 is 12.7 Å². The van der Waals surface area contributed by atoms with Crippen molar-refractivity contribution in [1.82, 2.24) is 4.98 Å². The summed E-state index contributed by atoms with van der Waals surface area (Å²) in [7, 11) is -0.493. The maximum absolute atomic E-state index is 10.1. The lowest BCUT2D eigenvalue weighted by atomic mass is 9.82. The average Bonchev–Trinajstić information content (AvgIpc) is 2.47. The smallest absolute Gasteiger partial charge is 0.398 e. The number of hydrogen-bond donors (Lipinski definition) is 1. The van der Waals surface area contributed by atoms with E-state index < -0.39 is 12.7 Å². The highest BCUT2D eigenvalue weighted by Gasteiger charge is 2.52. The topological polar surface area (TPSA) is 51.6 Å². The van der Waals surface area contributed by atoms with E-state index in [-0.39, 0.29) is 11.2 Å². The Balaban J connectivity index is 2.30. The molecule has 104 valence electrons. The first-order chi connectivity index (χ1) is 8.53. The number of aromatic nitrogens is 1. The summed E-state index contributed by atoms with van der Waals surface area (Å²) in [6.07, 6.45) is 1.67. The molecule has 2 rings (SSSR count). The molecular formula is C14H22BNO3. The average molecular weight is 263 g/mol. The third-order valence-electron chi connectivity index (χ3n) is 3.98. The highest BCUT2D eigenvalue weighted by molar-refractivity contribution is 6.61. The Labute approximate surface area is 115 Å². The number of pyridine rings is 1. The van der Waals surface area contributed by atoms with Crippen LogP contribution in [-0.2, 0) is 14.9 Å². The highest BCUT2D eigenvalue weighted by Crippen LogP contribution is 2.36. The van der Waals surface area contributed by atoms with Crippen LogP contribution in [0.3, 0.4) is 0 Å². The van der Waals surface area contributed by atoms with E-state index >= 15 is 0 Å². The molecule has 1 aromatic heterocycles. The Kier molecular flexibility index (Phi) is 3.28. The molecule has 4 nitrogen and oxygen atoms in total. The van der Waals surface area contributed by atoms with Gasteiger partial charge in [-0.1, -0.05) is 0 Å². The molecule has 0 aliphatic carbocycles. The SMILES string of the molecule is CC(C)(O)c1ccnc(B2OC(C)(C)C(C)(C)O2)c1. The molecule has 5 heteroatoms. The molecule has 1 aliphatic rings. The minimum Gasteiger partial charge on any atom is -0.398 e. The van der Waals surface area contributed by atoms with Gasteiger partial charge in [-0.05, 0) is 59.2 Å². The summed E-state index contributed by atoms with van der Waals surface area (Å²) in [6, 6.07) is 3.64. The molecule has 1 N–H and O–H groups in total. The van der Waals surface area contributed by atoms with Gasteiger partial charge in [-0.15, -0.1) is 0 Å². The van der Waals surface area contributed by atoms with Gasteiger partial charge in [0.1, 0.15) is 0 Å². The second-order valence-corrected chi connectivity index (χ2v) is 6.62. The maximum atomic E-state index is 10.1. The number of rotatable bonds is 2. The summed E-state index contributed by atoms with van der Waals surface area (Å²) < 4.78 is 11.9. The fourth-order valence-electron chi connectivity index (χ4n) is 1.92. The van der Waals surface area contributed by atoms with E-state index in [9.17, 15) is 5.11 Å². The van der Waals surface area contributed by atoms with Crippen LogP contribution >= 0.6 is 0 Å². The minimum absolute atomic E-state index is 0.385. The largest absolute Gasteiger partial charge is 0.514 e. The van der Waals surface area contributed by atoms with Gasteiger partial charge in [0.15, 0.2) is 0 Å². The lowest BCUT2D eigenvalue weighted by Crippen LogP contribution is -2.41. The van der Waals surface area contributed by atoms with E-state index in [4.69, 9.17) is 9.31 Å². The summed E-state index contributed by atoms with van der Waals surface area (Å²) in [4.78, 5) is 4.30. The summed E-state index contributed by atoms with van der Waals surface area (Å²) in [6.45, 7) is 11.5. The highest BCUT2D eigenvalue weighted by atomic mass is 16.7. The van der Waals surface area contributed by atoms with Crippen molar-refractivity contribution in [1.29, 1.82) is 0 Å². The van der Waals surface area contributed by atoms with Crippen molar-refractivity contribution in [2.24, 2.45) is 0 Å². The number of aliphatic hydroxyl groups is 1. The van der Waals surface area contributed by atoms with E-state index in [1.165, 1.54) is 0 Å². The predicted molar refractivity (Wildman–Crippen MR) is 75.2 cm³/mol. The standard InChI is InChI=1S/C14H22BNO3/c1-12(2,17)10-7-8-16-11(9-10)15-18-13(3,4)14(5,6)19-15/h7-9,17H,1-6H3. The van der Waals surface area contributed by atoms with Crippen LogP contribution in [0.5, 0.6) is 0 Å². The van der Waals surface area contributed by atoms with E-state index in [0.717, 1.165) is 5.56 Å². The number of hydrogen-bond acceptors (Lipinski definition) is 4. The van der Waals surface area contributed by atoms with Crippen LogP contribution in [0.25, 0.3) is 0 Å². The first-order valence-corrected chi connectivity index (χ1v) is 6.57. The summed E-state index contributed by atoms with van der Waals surface area (Å²) in [5.41, 5.74) is -0.180. The molecule has 1 aliphatic heterocycles. The van der Waals surface area contributed by atoms with Crippen molar-refractivity contribution in [3.63, 3.8) is 0 Å². The third-order valence-corrected chi connectivity index (χ3v) is 3.98. The van der Waals surface area contributed by atoms with Gasteiger partial charge in [-0.2, -0.15) is 0 Å². The molecule has 0 atom stereocenters. The van der Waals surface area contributed by atoms with Gasteiger partial charge >= 0.3 is 7.12 Å². The Bertz CT molecular complexity index is 464. The third kappa shape index (κ3) is 2.68. The van der Waals surface area contributed by atoms with Crippen LogP contribution < -0.4 is 5.59 Å². The van der Waals surface area contributed by atoms with Crippen LogP contribution in [0.15, 0.2) is 18.3 Å². The van der Waals surface area contributed by atoms with Gasteiger partial charge in [0.2, 0.25) is 0 Å². The maximum Gasteiger partial charge on any atom is 0.514 e. The lowest BCUT2D eigenvalue weighted by Gasteiger charge is -2.32. The molecule has 0 bridgehead atoms. The Hall–Kier alpha value is -0.905. The molecule has 19 heavy (non-hydrogen) atoms. The van der Waals surface area contributed by atoms with Crippen molar-refractivity contribution in [3.8, 4) is 0 Å². The summed E-state index contributed by atoms with van der Waals surface area (Å²) in [5, 5.41) is 10.1. The molecule has 2 heterocycles. The summed E-state index contributed by atoms with van der Waals surface area (Å²) >= 11 is 0. The van der Waals surface area contributed by atoms with E-state index in [1.54, 1.807) is 26.1 Å². The number of nitrogens with zero attached hydrogens (tertiary/aromatic N) is 1. The van der Waals surface area contributed by atoms with Gasteiger partial charge < -0.3 is 14.4 Å². The van der Waals surface area contributed by atoms with Gasteiger partial charge in [0.05, 0.1) is 22.4 Å². The fraction of sp³-hybridized carbons (Fsp3) is 0.643. The molecule has 0 saturated carbocycles. The van der Waals surface area contributed by atoms with Crippen molar-refractivity contribution in [2.75, 3.05) is 0 Å². The molecule has 1 saturated heterocycles. The molecule has 0 amide bonds. The second kappa shape index (κ2) is 4.30. The lowest BCUT2D eigenvalue weighted by molar-refractivity contribution is 0.00578. The normalized spacial score (nSPS) is 21.7. The van der Waals surface area contributed by atoms with Crippen LogP contribution in [0.4, 0.5) is 0 Å². The zero-order valence-corrected chi connectivity index (χ0v) is 12.5. The Morgan fingerprint density at radius 3 is 2.16 bits per heavy atom. The summed E-state index contributed by atoms with van der Waals surface area (Å²) in [5.74, 6) is 0.